The molecule has 0 saturated heterocycles. The number of halogens is 2. The topological polar surface area (TPSA) is 17.8 Å². The lowest BCUT2D eigenvalue weighted by Crippen LogP contribution is -1.88. The molecule has 0 aromatic carbocycles. The number of rotatable bonds is 1. The van der Waals surface area contributed by atoms with Crippen LogP contribution in [0, 0.1) is 0 Å². The Kier molecular flexibility index (Phi) is 2.30. The zero-order chi connectivity index (χ0) is 5.98. The summed E-state index contributed by atoms with van der Waals surface area (Å²) < 4.78 is 3.79. The summed E-state index contributed by atoms with van der Waals surface area (Å²) in [5, 5.41) is 4.00. The third kappa shape index (κ3) is 1.45. The first-order valence-electron chi connectivity index (χ1n) is 2.07. The second-order valence-electron chi connectivity index (χ2n) is 1.32. The third-order valence-corrected chi connectivity index (χ3v) is 1.83. The molecule has 0 atom stereocenters. The van der Waals surface area contributed by atoms with Crippen molar-refractivity contribution in [3.05, 3.63) is 16.9 Å². The van der Waals surface area contributed by atoms with Gasteiger partial charge in [0.05, 0.1) is 15.2 Å². The number of nitrogens with zero attached hydrogens (tertiary/aromatic N) is 2. The number of aromatic nitrogens is 2. The standard InChI is InChI=1S/C4H4BrIN2/c5-4-1-7-8(2-4)3-6/h1-2H,3H2. The fraction of sp³-hybridized carbons (Fsp3) is 0.250. The van der Waals surface area contributed by atoms with Gasteiger partial charge >= 0.3 is 0 Å². The van der Waals surface area contributed by atoms with E-state index < -0.39 is 0 Å². The van der Waals surface area contributed by atoms with Crippen molar-refractivity contribution in [2.24, 2.45) is 0 Å². The van der Waals surface area contributed by atoms with E-state index in [1.165, 1.54) is 0 Å². The Morgan fingerprint density at radius 2 is 2.62 bits per heavy atom. The second-order valence-corrected chi connectivity index (χ2v) is 2.92. The van der Waals surface area contributed by atoms with Crippen molar-refractivity contribution in [3.8, 4) is 0 Å². The van der Waals surface area contributed by atoms with Crippen LogP contribution in [0.25, 0.3) is 0 Å². The highest BCUT2D eigenvalue weighted by Crippen LogP contribution is 2.06. The van der Waals surface area contributed by atoms with E-state index in [0.717, 1.165) is 9.02 Å². The predicted molar refractivity (Wildman–Crippen MR) is 43.9 cm³/mol. The lowest BCUT2D eigenvalue weighted by Gasteiger charge is -1.86. The van der Waals surface area contributed by atoms with Crippen LogP contribution in [0.3, 0.4) is 0 Å². The van der Waals surface area contributed by atoms with Gasteiger partial charge in [0.25, 0.3) is 0 Å². The van der Waals surface area contributed by atoms with E-state index in [9.17, 15) is 0 Å². The minimum Gasteiger partial charge on any atom is -0.262 e. The fourth-order valence-corrected chi connectivity index (χ4v) is 1.10. The van der Waals surface area contributed by atoms with Gasteiger partial charge in [0.1, 0.15) is 0 Å². The van der Waals surface area contributed by atoms with E-state index in [2.05, 4.69) is 43.6 Å². The van der Waals surface area contributed by atoms with Crippen molar-refractivity contribution in [3.63, 3.8) is 0 Å². The minimum absolute atomic E-state index is 0.906. The normalized spacial score (nSPS) is 9.75. The summed E-state index contributed by atoms with van der Waals surface area (Å²) in [5.41, 5.74) is 0. The highest BCUT2D eigenvalue weighted by Gasteiger charge is 1.88. The quantitative estimate of drug-likeness (QED) is 0.571. The molecule has 0 aliphatic heterocycles. The maximum absolute atomic E-state index is 4.00. The number of hydrogen-bond donors (Lipinski definition) is 0. The monoisotopic (exact) mass is 286 g/mol. The van der Waals surface area contributed by atoms with Gasteiger partial charge in [0.15, 0.2) is 0 Å². The molecule has 0 spiro atoms. The smallest absolute Gasteiger partial charge is 0.0924 e. The molecule has 0 amide bonds. The van der Waals surface area contributed by atoms with Crippen molar-refractivity contribution in [1.82, 2.24) is 9.78 Å². The molecule has 1 aromatic rings. The van der Waals surface area contributed by atoms with Gasteiger partial charge in [-0.25, -0.2) is 0 Å². The first-order valence-corrected chi connectivity index (χ1v) is 4.38. The zero-order valence-electron chi connectivity index (χ0n) is 4.01. The summed E-state index contributed by atoms with van der Waals surface area (Å²) in [6.45, 7) is 0. The van der Waals surface area contributed by atoms with Crippen LogP contribution < -0.4 is 0 Å². The molecule has 4 heteroatoms. The van der Waals surface area contributed by atoms with E-state index in [4.69, 9.17) is 0 Å². The van der Waals surface area contributed by atoms with E-state index in [1.807, 2.05) is 10.9 Å². The Morgan fingerprint density at radius 1 is 1.88 bits per heavy atom. The SMILES string of the molecule is Brc1cnn(CI)c1. The van der Waals surface area contributed by atoms with Gasteiger partial charge < -0.3 is 0 Å². The first kappa shape index (κ1) is 6.54. The number of alkyl halides is 1. The van der Waals surface area contributed by atoms with Crippen molar-refractivity contribution in [2.75, 3.05) is 0 Å². The molecule has 1 heterocycles. The van der Waals surface area contributed by atoms with Crippen molar-refractivity contribution in [2.45, 2.75) is 4.55 Å². The molecule has 0 N–H and O–H groups in total. The van der Waals surface area contributed by atoms with Crippen LogP contribution in [0.1, 0.15) is 0 Å². The third-order valence-electron chi connectivity index (χ3n) is 0.724. The van der Waals surface area contributed by atoms with Gasteiger partial charge in [-0.15, -0.1) is 0 Å². The molecule has 44 valence electrons. The van der Waals surface area contributed by atoms with E-state index >= 15 is 0 Å². The second kappa shape index (κ2) is 2.82. The van der Waals surface area contributed by atoms with E-state index in [0.29, 0.717) is 0 Å². The molecule has 0 saturated carbocycles. The molecule has 0 aliphatic carbocycles. The maximum atomic E-state index is 4.00. The molecular formula is C4H4BrIN2. The van der Waals surface area contributed by atoms with Crippen LogP contribution in [0.4, 0.5) is 0 Å². The van der Waals surface area contributed by atoms with Crippen LogP contribution in [-0.2, 0) is 4.55 Å². The zero-order valence-corrected chi connectivity index (χ0v) is 7.76. The van der Waals surface area contributed by atoms with Crippen LogP contribution in [0.2, 0.25) is 0 Å². The molecule has 0 bridgehead atoms. The molecule has 0 aliphatic rings. The highest BCUT2D eigenvalue weighted by atomic mass is 127. The summed E-state index contributed by atoms with van der Waals surface area (Å²) in [5.74, 6) is 0. The lowest BCUT2D eigenvalue weighted by molar-refractivity contribution is 0.767. The Labute approximate surface area is 69.5 Å². The highest BCUT2D eigenvalue weighted by molar-refractivity contribution is 14.1. The molecule has 8 heavy (non-hydrogen) atoms. The molecule has 0 radical (unpaired) electrons. The largest absolute Gasteiger partial charge is 0.262 e. The van der Waals surface area contributed by atoms with E-state index in [-0.39, 0.29) is 0 Å². The van der Waals surface area contributed by atoms with Crippen LogP contribution >= 0.6 is 38.5 Å². The average Bonchev–Trinajstić information content (AvgIpc) is 2.14. The summed E-state index contributed by atoms with van der Waals surface area (Å²) >= 11 is 5.53. The van der Waals surface area contributed by atoms with Gasteiger partial charge in [-0.05, 0) is 15.9 Å². The molecule has 1 aromatic heterocycles. The summed E-state index contributed by atoms with van der Waals surface area (Å²) in [4.78, 5) is 0. The maximum Gasteiger partial charge on any atom is 0.0924 e. The van der Waals surface area contributed by atoms with Gasteiger partial charge in [-0.3, -0.25) is 4.68 Å². The molecule has 2 nitrogen and oxygen atoms in total. The predicted octanol–water partition coefficient (Wildman–Crippen LogP) is 2.04. The molecule has 1 rings (SSSR count). The molecular weight excluding hydrogens is 283 g/mol. The average molecular weight is 287 g/mol. The summed E-state index contributed by atoms with van der Waals surface area (Å²) in [6.07, 6.45) is 3.71. The Hall–Kier alpha value is 0.420. The van der Waals surface area contributed by atoms with Crippen LogP contribution in [0.5, 0.6) is 0 Å². The van der Waals surface area contributed by atoms with Crippen LogP contribution in [0.15, 0.2) is 16.9 Å². The van der Waals surface area contributed by atoms with Gasteiger partial charge in [0, 0.05) is 6.20 Å². The summed E-state index contributed by atoms with van der Waals surface area (Å²) in [6, 6.07) is 0. The fourth-order valence-electron chi connectivity index (χ4n) is 0.404. The van der Waals surface area contributed by atoms with Crippen LogP contribution in [-0.4, -0.2) is 9.78 Å². The summed E-state index contributed by atoms with van der Waals surface area (Å²) in [7, 11) is 0. The first-order chi connectivity index (χ1) is 3.83. The Morgan fingerprint density at radius 3 is 2.88 bits per heavy atom. The lowest BCUT2D eigenvalue weighted by atomic mass is 10.8. The van der Waals surface area contributed by atoms with Crippen molar-refractivity contribution < 1.29 is 0 Å². The van der Waals surface area contributed by atoms with Gasteiger partial charge in [-0.2, -0.15) is 5.10 Å². The molecule has 0 unspecified atom stereocenters. The Balaban J connectivity index is 2.84. The van der Waals surface area contributed by atoms with E-state index in [1.54, 1.807) is 6.20 Å². The number of hydrogen-bond acceptors (Lipinski definition) is 1. The van der Waals surface area contributed by atoms with Gasteiger partial charge in [-0.1, -0.05) is 22.6 Å². The van der Waals surface area contributed by atoms with Crippen molar-refractivity contribution >= 4 is 38.5 Å². The van der Waals surface area contributed by atoms with Gasteiger partial charge in [0.2, 0.25) is 0 Å². The Bertz CT molecular complexity index is 174. The molecule has 0 fully saturated rings. The van der Waals surface area contributed by atoms with Crippen molar-refractivity contribution in [1.29, 1.82) is 0 Å². The minimum atomic E-state index is 0.906.